The van der Waals surface area contributed by atoms with Crippen molar-refractivity contribution in [1.29, 1.82) is 0 Å². The average Bonchev–Trinajstić information content (AvgIpc) is 2.24. The molecule has 1 rings (SSSR count). The van der Waals surface area contributed by atoms with E-state index in [0.29, 0.717) is 13.1 Å². The monoisotopic (exact) mass is 264 g/mol. The van der Waals surface area contributed by atoms with E-state index in [1.807, 2.05) is 7.05 Å². The van der Waals surface area contributed by atoms with E-state index in [1.165, 1.54) is 11.1 Å². The van der Waals surface area contributed by atoms with E-state index in [-0.39, 0.29) is 11.6 Å². The fourth-order valence-corrected chi connectivity index (χ4v) is 2.08. The molecule has 0 saturated heterocycles. The predicted octanol–water partition coefficient (Wildman–Crippen LogP) is 2.49. The van der Waals surface area contributed by atoms with Crippen molar-refractivity contribution in [2.75, 3.05) is 25.0 Å². The minimum Gasteiger partial charge on any atom is -0.390 e. The number of nitrogens with one attached hydrogen (secondary N) is 1. The van der Waals surface area contributed by atoms with Crippen molar-refractivity contribution in [3.8, 4) is 0 Å². The molecule has 0 saturated carbocycles. The quantitative estimate of drug-likeness (QED) is 0.857. The first-order chi connectivity index (χ1) is 8.67. The van der Waals surface area contributed by atoms with E-state index < -0.39 is 0 Å². The Balaban J connectivity index is 2.56. The van der Waals surface area contributed by atoms with Crippen molar-refractivity contribution in [3.63, 3.8) is 0 Å². The molecule has 0 bridgehead atoms. The van der Waals surface area contributed by atoms with Crippen molar-refractivity contribution in [2.45, 2.75) is 46.3 Å². The number of rotatable bonds is 5. The minimum absolute atomic E-state index is 0.0411. The Morgan fingerprint density at radius 1 is 1.16 bits per heavy atom. The van der Waals surface area contributed by atoms with Crippen molar-refractivity contribution in [1.82, 2.24) is 5.32 Å². The molecular weight excluding hydrogens is 236 g/mol. The van der Waals surface area contributed by atoms with Crippen LogP contribution in [0.5, 0.6) is 0 Å². The van der Waals surface area contributed by atoms with Gasteiger partial charge in [-0.1, -0.05) is 6.07 Å². The van der Waals surface area contributed by atoms with Crippen LogP contribution in [0.15, 0.2) is 18.2 Å². The Kier molecular flexibility index (Phi) is 5.39. The van der Waals surface area contributed by atoms with Gasteiger partial charge in [-0.05, 0) is 57.9 Å². The Morgan fingerprint density at radius 3 is 2.16 bits per heavy atom. The second-order valence-electron chi connectivity index (χ2n) is 6.51. The minimum atomic E-state index is -0.370. The van der Waals surface area contributed by atoms with Gasteiger partial charge in [0.15, 0.2) is 0 Å². The highest BCUT2D eigenvalue weighted by atomic mass is 16.3. The van der Waals surface area contributed by atoms with Gasteiger partial charge < -0.3 is 15.3 Å². The number of anilines is 1. The van der Waals surface area contributed by atoms with Gasteiger partial charge in [0.1, 0.15) is 0 Å². The van der Waals surface area contributed by atoms with Crippen LogP contribution in [-0.4, -0.2) is 36.9 Å². The molecule has 3 heteroatoms. The molecule has 3 nitrogen and oxygen atoms in total. The number of aryl methyl sites for hydroxylation is 2. The summed E-state index contributed by atoms with van der Waals surface area (Å²) >= 11 is 0. The molecule has 0 aromatic heterocycles. The van der Waals surface area contributed by atoms with Crippen LogP contribution in [-0.2, 0) is 0 Å². The lowest BCUT2D eigenvalue weighted by atomic mass is 10.1. The maximum atomic E-state index is 10.1. The lowest BCUT2D eigenvalue weighted by molar-refractivity contribution is 0.167. The number of likely N-dealkylation sites (N-methyl/N-ethyl adjacent to an activating group) is 1. The number of aliphatic hydroxyl groups excluding tert-OH is 1. The van der Waals surface area contributed by atoms with E-state index in [1.54, 1.807) is 0 Å². The molecule has 0 aliphatic carbocycles. The number of β-amino-alcohol motifs (C(OH)–C–C–N with tert-alkyl or cyclic N) is 1. The van der Waals surface area contributed by atoms with Crippen molar-refractivity contribution in [2.24, 2.45) is 0 Å². The van der Waals surface area contributed by atoms with Crippen LogP contribution in [0.4, 0.5) is 5.69 Å². The summed E-state index contributed by atoms with van der Waals surface area (Å²) in [5, 5.41) is 13.4. The molecule has 108 valence electrons. The Morgan fingerprint density at radius 2 is 1.68 bits per heavy atom. The van der Waals surface area contributed by atoms with Crippen molar-refractivity contribution in [3.05, 3.63) is 29.3 Å². The summed E-state index contributed by atoms with van der Waals surface area (Å²) in [5.74, 6) is 0. The van der Waals surface area contributed by atoms with Crippen LogP contribution < -0.4 is 10.2 Å². The van der Waals surface area contributed by atoms with Crippen LogP contribution in [0.2, 0.25) is 0 Å². The standard InChI is InChI=1S/C16H28N2O/c1-12-7-13(2)9-14(8-12)18(6)11-15(19)10-17-16(3,4)5/h7-9,15,17,19H,10-11H2,1-6H3. The van der Waals surface area contributed by atoms with E-state index in [2.05, 4.69) is 63.0 Å². The molecule has 2 N–H and O–H groups in total. The summed E-state index contributed by atoms with van der Waals surface area (Å²) in [6, 6.07) is 6.46. The van der Waals surface area contributed by atoms with Crippen LogP contribution in [0.1, 0.15) is 31.9 Å². The Labute approximate surface area is 117 Å². The highest BCUT2D eigenvalue weighted by molar-refractivity contribution is 5.50. The fraction of sp³-hybridized carbons (Fsp3) is 0.625. The normalized spacial score (nSPS) is 13.4. The van der Waals surface area contributed by atoms with Gasteiger partial charge in [-0.3, -0.25) is 0 Å². The number of aliphatic hydroxyl groups is 1. The zero-order chi connectivity index (χ0) is 14.6. The van der Waals surface area contributed by atoms with Gasteiger partial charge in [0.05, 0.1) is 6.10 Å². The summed E-state index contributed by atoms with van der Waals surface area (Å²) in [6.07, 6.45) is -0.370. The molecule has 19 heavy (non-hydrogen) atoms. The average molecular weight is 264 g/mol. The zero-order valence-corrected chi connectivity index (χ0v) is 13.1. The van der Waals surface area contributed by atoms with Gasteiger partial charge in [0.25, 0.3) is 0 Å². The molecule has 0 radical (unpaired) electrons. The molecular formula is C16H28N2O. The second-order valence-corrected chi connectivity index (χ2v) is 6.51. The van der Waals surface area contributed by atoms with Gasteiger partial charge in [0.2, 0.25) is 0 Å². The van der Waals surface area contributed by atoms with Crippen molar-refractivity contribution < 1.29 is 5.11 Å². The van der Waals surface area contributed by atoms with Gasteiger partial charge in [-0.2, -0.15) is 0 Å². The fourth-order valence-electron chi connectivity index (χ4n) is 2.08. The summed E-state index contributed by atoms with van der Waals surface area (Å²) < 4.78 is 0. The predicted molar refractivity (Wildman–Crippen MR) is 82.9 cm³/mol. The Hall–Kier alpha value is -1.06. The molecule has 1 unspecified atom stereocenters. The van der Waals surface area contributed by atoms with Crippen LogP contribution in [0, 0.1) is 13.8 Å². The number of benzene rings is 1. The van der Waals surface area contributed by atoms with Gasteiger partial charge in [0, 0.05) is 31.4 Å². The highest BCUT2D eigenvalue weighted by Gasteiger charge is 2.14. The topological polar surface area (TPSA) is 35.5 Å². The lowest BCUT2D eigenvalue weighted by Crippen LogP contribution is -2.44. The number of hydrogen-bond donors (Lipinski definition) is 2. The first-order valence-electron chi connectivity index (χ1n) is 6.90. The van der Waals surface area contributed by atoms with Crippen LogP contribution >= 0.6 is 0 Å². The first-order valence-corrected chi connectivity index (χ1v) is 6.90. The smallest absolute Gasteiger partial charge is 0.0839 e. The number of hydrogen-bond acceptors (Lipinski definition) is 3. The Bertz CT molecular complexity index is 389. The third kappa shape index (κ3) is 6.08. The van der Waals surface area contributed by atoms with Gasteiger partial charge in [-0.15, -0.1) is 0 Å². The summed E-state index contributed by atoms with van der Waals surface area (Å²) in [7, 11) is 2.02. The molecule has 0 spiro atoms. The van der Waals surface area contributed by atoms with Crippen LogP contribution in [0.25, 0.3) is 0 Å². The van der Waals surface area contributed by atoms with Gasteiger partial charge >= 0.3 is 0 Å². The second kappa shape index (κ2) is 6.40. The first kappa shape index (κ1) is 16.0. The molecule has 0 heterocycles. The molecule has 1 aromatic carbocycles. The molecule has 0 amide bonds. The molecule has 0 fully saturated rings. The van der Waals surface area contributed by atoms with E-state index in [4.69, 9.17) is 0 Å². The molecule has 1 atom stereocenters. The molecule has 1 aromatic rings. The third-order valence-electron chi connectivity index (χ3n) is 3.00. The van der Waals surface area contributed by atoms with Gasteiger partial charge in [-0.25, -0.2) is 0 Å². The molecule has 0 aliphatic rings. The third-order valence-corrected chi connectivity index (χ3v) is 3.00. The summed E-state index contributed by atoms with van der Waals surface area (Å²) in [4.78, 5) is 2.11. The maximum absolute atomic E-state index is 10.1. The largest absolute Gasteiger partial charge is 0.390 e. The maximum Gasteiger partial charge on any atom is 0.0839 e. The molecule has 0 aliphatic heterocycles. The summed E-state index contributed by atoms with van der Waals surface area (Å²) in [5.41, 5.74) is 3.71. The zero-order valence-electron chi connectivity index (χ0n) is 13.1. The van der Waals surface area contributed by atoms with Crippen LogP contribution in [0.3, 0.4) is 0 Å². The van der Waals surface area contributed by atoms with E-state index in [0.717, 1.165) is 5.69 Å². The lowest BCUT2D eigenvalue weighted by Gasteiger charge is -2.27. The van der Waals surface area contributed by atoms with E-state index in [9.17, 15) is 5.11 Å². The number of nitrogens with zero attached hydrogens (tertiary/aromatic N) is 1. The van der Waals surface area contributed by atoms with Crippen molar-refractivity contribution >= 4 is 5.69 Å². The highest BCUT2D eigenvalue weighted by Crippen LogP contribution is 2.17. The van der Waals surface area contributed by atoms with E-state index >= 15 is 0 Å². The summed E-state index contributed by atoms with van der Waals surface area (Å²) in [6.45, 7) is 11.8. The SMILES string of the molecule is Cc1cc(C)cc(N(C)CC(O)CNC(C)(C)C)c1.